The van der Waals surface area contributed by atoms with E-state index in [4.69, 9.17) is 10.8 Å². The summed E-state index contributed by atoms with van der Waals surface area (Å²) in [5.41, 5.74) is 6.66. The Morgan fingerprint density at radius 2 is 1.57 bits per heavy atom. The fourth-order valence-electron chi connectivity index (χ4n) is 2.90. The number of carbonyl (C=O) groups excluding carboxylic acids is 4. The molecule has 0 fully saturated rings. The predicted molar refractivity (Wildman–Crippen MR) is 120 cm³/mol. The number of aromatic nitrogens is 4. The molecule has 0 saturated heterocycles. The van der Waals surface area contributed by atoms with Gasteiger partial charge in [0.1, 0.15) is 12.6 Å². The lowest BCUT2D eigenvalue weighted by atomic mass is 10.1. The molecule has 6 N–H and O–H groups in total. The highest BCUT2D eigenvalue weighted by atomic mass is 16.4. The van der Waals surface area contributed by atoms with Crippen LogP contribution in [-0.2, 0) is 30.5 Å². The molecule has 186 valence electrons. The number of aliphatic carboxylic acids is 1. The highest BCUT2D eigenvalue weighted by Crippen LogP contribution is 2.13. The molecule has 14 heteroatoms. The fourth-order valence-corrected chi connectivity index (χ4v) is 2.90. The standard InChI is InChI=1S/C21H26N8O6/c22-16(30)9-8-15(21(35)24-11-19(33)34)27-18(32)3-1-2-17(31)23-10-13-4-6-14(7-5-13)20-28-25-12-26-29-20/h4-7,12,15H,1-3,8-11H2,(H2,22,30)(H,23,31)(H,24,35)(H,27,32)(H,33,34). The van der Waals surface area contributed by atoms with Gasteiger partial charge in [0.15, 0.2) is 6.33 Å². The van der Waals surface area contributed by atoms with Gasteiger partial charge in [0.05, 0.1) is 0 Å². The van der Waals surface area contributed by atoms with E-state index in [1.54, 1.807) is 24.3 Å². The summed E-state index contributed by atoms with van der Waals surface area (Å²) >= 11 is 0. The van der Waals surface area contributed by atoms with E-state index in [1.165, 1.54) is 6.33 Å². The van der Waals surface area contributed by atoms with Gasteiger partial charge in [-0.3, -0.25) is 24.0 Å². The van der Waals surface area contributed by atoms with Crippen LogP contribution in [-0.4, -0.2) is 67.7 Å². The SMILES string of the molecule is NC(=O)CCC(NC(=O)CCCC(=O)NCc1ccc(-c2nncnn2)cc1)C(=O)NCC(=O)O. The van der Waals surface area contributed by atoms with Crippen LogP contribution in [0, 0.1) is 0 Å². The van der Waals surface area contributed by atoms with E-state index >= 15 is 0 Å². The zero-order valence-corrected chi connectivity index (χ0v) is 18.8. The second-order valence-corrected chi connectivity index (χ2v) is 7.43. The molecule has 0 radical (unpaired) electrons. The Morgan fingerprint density at radius 3 is 2.20 bits per heavy atom. The van der Waals surface area contributed by atoms with Crippen molar-refractivity contribution in [3.63, 3.8) is 0 Å². The molecule has 1 aromatic heterocycles. The molecule has 1 heterocycles. The smallest absolute Gasteiger partial charge is 0.322 e. The number of nitrogens with one attached hydrogen (secondary N) is 3. The number of nitrogens with two attached hydrogens (primary N) is 1. The third-order valence-corrected chi connectivity index (χ3v) is 4.66. The Hall–Kier alpha value is -4.49. The zero-order chi connectivity index (χ0) is 25.6. The van der Waals surface area contributed by atoms with Crippen molar-refractivity contribution < 1.29 is 29.1 Å². The van der Waals surface area contributed by atoms with Gasteiger partial charge >= 0.3 is 5.97 Å². The molecule has 0 saturated carbocycles. The van der Waals surface area contributed by atoms with Crippen molar-refractivity contribution in [1.29, 1.82) is 0 Å². The molecule has 1 aromatic carbocycles. The van der Waals surface area contributed by atoms with Crippen LogP contribution >= 0.6 is 0 Å². The summed E-state index contributed by atoms with van der Waals surface area (Å²) in [7, 11) is 0. The Balaban J connectivity index is 1.73. The topological polar surface area (TPSA) is 219 Å². The second-order valence-electron chi connectivity index (χ2n) is 7.43. The van der Waals surface area contributed by atoms with Crippen molar-refractivity contribution in [3.8, 4) is 11.4 Å². The van der Waals surface area contributed by atoms with Crippen molar-refractivity contribution in [1.82, 2.24) is 36.3 Å². The van der Waals surface area contributed by atoms with E-state index < -0.39 is 36.3 Å². The molecule has 0 aliphatic heterocycles. The van der Waals surface area contributed by atoms with Gasteiger partial charge in [-0.25, -0.2) is 0 Å². The molecule has 0 bridgehead atoms. The van der Waals surface area contributed by atoms with Gasteiger partial charge in [-0.2, -0.15) is 0 Å². The number of rotatable bonds is 14. The van der Waals surface area contributed by atoms with Crippen molar-refractivity contribution in [2.75, 3.05) is 6.54 Å². The highest BCUT2D eigenvalue weighted by molar-refractivity contribution is 5.90. The first-order chi connectivity index (χ1) is 16.7. The normalized spacial score (nSPS) is 11.2. The summed E-state index contributed by atoms with van der Waals surface area (Å²) in [5.74, 6) is -3.04. The van der Waals surface area contributed by atoms with Crippen LogP contribution in [0.15, 0.2) is 30.6 Å². The quantitative estimate of drug-likeness (QED) is 0.212. The number of carboxylic acid groups (broad SMARTS) is 1. The molecule has 2 rings (SSSR count). The maximum absolute atomic E-state index is 12.2. The first-order valence-electron chi connectivity index (χ1n) is 10.7. The van der Waals surface area contributed by atoms with Crippen LogP contribution in [0.1, 0.15) is 37.7 Å². The summed E-state index contributed by atoms with van der Waals surface area (Å²) in [6.45, 7) is -0.338. The third-order valence-electron chi connectivity index (χ3n) is 4.66. The second kappa shape index (κ2) is 13.9. The minimum Gasteiger partial charge on any atom is -0.480 e. The van der Waals surface area contributed by atoms with Gasteiger partial charge in [0, 0.05) is 31.4 Å². The fraction of sp³-hybridized carbons (Fsp3) is 0.381. The van der Waals surface area contributed by atoms with E-state index in [1.807, 2.05) is 0 Å². The summed E-state index contributed by atoms with van der Waals surface area (Å²) < 4.78 is 0. The van der Waals surface area contributed by atoms with Gasteiger partial charge in [0.2, 0.25) is 29.5 Å². The Labute approximate surface area is 200 Å². The predicted octanol–water partition coefficient (Wildman–Crippen LogP) is -1.33. The number of primary amides is 1. The molecule has 14 nitrogen and oxygen atoms in total. The molecule has 0 aliphatic carbocycles. The summed E-state index contributed by atoms with van der Waals surface area (Å²) in [4.78, 5) is 58.0. The molecule has 0 aliphatic rings. The molecule has 1 unspecified atom stereocenters. The average molecular weight is 486 g/mol. The highest BCUT2D eigenvalue weighted by Gasteiger charge is 2.21. The third kappa shape index (κ3) is 10.3. The van der Waals surface area contributed by atoms with E-state index in [-0.39, 0.29) is 44.6 Å². The molecule has 0 spiro atoms. The molecule has 2 aromatic rings. The maximum Gasteiger partial charge on any atom is 0.322 e. The van der Waals surface area contributed by atoms with Gasteiger partial charge in [-0.05, 0) is 18.4 Å². The first-order valence-corrected chi connectivity index (χ1v) is 10.7. The van der Waals surface area contributed by atoms with E-state index in [9.17, 15) is 24.0 Å². The Bertz CT molecular complexity index is 1030. The number of hydrogen-bond acceptors (Lipinski definition) is 9. The summed E-state index contributed by atoms with van der Waals surface area (Å²) in [6.07, 6.45) is 1.26. The lowest BCUT2D eigenvalue weighted by molar-refractivity contribution is -0.138. The number of hydrogen-bond donors (Lipinski definition) is 5. The maximum atomic E-state index is 12.2. The number of amides is 4. The zero-order valence-electron chi connectivity index (χ0n) is 18.8. The monoisotopic (exact) mass is 486 g/mol. The van der Waals surface area contributed by atoms with Crippen molar-refractivity contribution in [2.24, 2.45) is 5.73 Å². The number of carbonyl (C=O) groups is 5. The van der Waals surface area contributed by atoms with Crippen LogP contribution in [0.3, 0.4) is 0 Å². The van der Waals surface area contributed by atoms with E-state index in [0.29, 0.717) is 5.82 Å². The van der Waals surface area contributed by atoms with Crippen LogP contribution in [0.5, 0.6) is 0 Å². The van der Waals surface area contributed by atoms with Gasteiger partial charge in [-0.15, -0.1) is 20.4 Å². The molecule has 1 atom stereocenters. The lowest BCUT2D eigenvalue weighted by Gasteiger charge is -2.17. The van der Waals surface area contributed by atoms with Crippen LogP contribution in [0.2, 0.25) is 0 Å². The number of carboxylic acids is 1. The first kappa shape index (κ1) is 26.8. The van der Waals surface area contributed by atoms with E-state index in [2.05, 4.69) is 36.3 Å². The van der Waals surface area contributed by atoms with Crippen molar-refractivity contribution in [3.05, 3.63) is 36.2 Å². The average Bonchev–Trinajstić information content (AvgIpc) is 2.84. The minimum atomic E-state index is -1.25. The van der Waals surface area contributed by atoms with E-state index in [0.717, 1.165) is 11.1 Å². The van der Waals surface area contributed by atoms with Crippen LogP contribution < -0.4 is 21.7 Å². The largest absolute Gasteiger partial charge is 0.480 e. The van der Waals surface area contributed by atoms with Crippen molar-refractivity contribution >= 4 is 29.6 Å². The molecule has 35 heavy (non-hydrogen) atoms. The lowest BCUT2D eigenvalue weighted by Crippen LogP contribution is -2.48. The Kier molecular flexibility index (Phi) is 10.6. The van der Waals surface area contributed by atoms with Crippen LogP contribution in [0.4, 0.5) is 0 Å². The van der Waals surface area contributed by atoms with Gasteiger partial charge in [0.25, 0.3) is 0 Å². The number of benzene rings is 1. The summed E-state index contributed by atoms with van der Waals surface area (Å²) in [6, 6.07) is 6.07. The minimum absolute atomic E-state index is 0.0411. The Morgan fingerprint density at radius 1 is 0.914 bits per heavy atom. The number of nitrogens with zero attached hydrogens (tertiary/aromatic N) is 4. The van der Waals surface area contributed by atoms with Crippen molar-refractivity contribution in [2.45, 2.75) is 44.7 Å². The molecular weight excluding hydrogens is 460 g/mol. The van der Waals surface area contributed by atoms with Gasteiger partial charge < -0.3 is 26.8 Å². The molecular formula is C21H26N8O6. The molecule has 4 amide bonds. The van der Waals surface area contributed by atoms with Gasteiger partial charge in [-0.1, -0.05) is 24.3 Å². The van der Waals surface area contributed by atoms with Crippen LogP contribution in [0.25, 0.3) is 11.4 Å². The summed E-state index contributed by atoms with van der Waals surface area (Å²) in [5, 5.41) is 31.1.